The summed E-state index contributed by atoms with van der Waals surface area (Å²) in [7, 11) is 0. The van der Waals surface area contributed by atoms with Crippen molar-refractivity contribution < 1.29 is 29.3 Å². The molecule has 0 spiro atoms. The third-order valence-electron chi connectivity index (χ3n) is 6.79. The molecule has 0 aromatic heterocycles. The molecule has 2 heterocycles. The molecule has 1 amide bonds. The third-order valence-corrected chi connectivity index (χ3v) is 6.79. The maximum absolute atomic E-state index is 13.4. The van der Waals surface area contributed by atoms with Gasteiger partial charge in [-0.2, -0.15) is 0 Å². The van der Waals surface area contributed by atoms with Crippen molar-refractivity contribution in [2.45, 2.75) is 38.8 Å². The van der Waals surface area contributed by atoms with Gasteiger partial charge in [0, 0.05) is 18.5 Å². The maximum Gasteiger partial charge on any atom is 0.295 e. The van der Waals surface area contributed by atoms with Gasteiger partial charge in [0.25, 0.3) is 11.7 Å². The van der Waals surface area contributed by atoms with Gasteiger partial charge < -0.3 is 24.6 Å². The van der Waals surface area contributed by atoms with Gasteiger partial charge in [0.15, 0.2) is 11.5 Å². The van der Waals surface area contributed by atoms with Crippen LogP contribution in [0, 0.1) is 0 Å². The Morgan fingerprint density at radius 1 is 1.08 bits per heavy atom. The van der Waals surface area contributed by atoms with Gasteiger partial charge in [0.05, 0.1) is 18.2 Å². The first-order valence-corrected chi connectivity index (χ1v) is 12.5. The molecule has 5 rings (SSSR count). The quantitative estimate of drug-likeness (QED) is 0.276. The summed E-state index contributed by atoms with van der Waals surface area (Å²) < 4.78 is 11.3. The number of benzene rings is 3. The fourth-order valence-electron chi connectivity index (χ4n) is 5.05. The molecule has 0 aliphatic carbocycles. The average molecular weight is 500 g/mol. The molecule has 1 fully saturated rings. The summed E-state index contributed by atoms with van der Waals surface area (Å²) in [5, 5.41) is 21.7. The van der Waals surface area contributed by atoms with Gasteiger partial charge in [-0.3, -0.25) is 9.59 Å². The highest BCUT2D eigenvalue weighted by Crippen LogP contribution is 2.42. The molecule has 1 saturated heterocycles. The number of phenols is 1. The molecule has 37 heavy (non-hydrogen) atoms. The number of likely N-dealkylation sites (tertiary alicyclic amines) is 1. The minimum atomic E-state index is -0.841. The number of aromatic hydroxyl groups is 1. The van der Waals surface area contributed by atoms with Gasteiger partial charge in [-0.1, -0.05) is 36.4 Å². The molecule has 0 unspecified atom stereocenters. The molecule has 2 aliphatic rings. The van der Waals surface area contributed by atoms with Crippen LogP contribution in [-0.4, -0.2) is 46.1 Å². The van der Waals surface area contributed by atoms with E-state index in [1.54, 1.807) is 31.2 Å². The standard InChI is InChI=1S/C30H29NO6/c1-3-36-25-17-20(9-11-23(25)32)27-26(28(33)21-10-12-24-22(16-21)15-18(2)37-24)29(34)30(35)31(27)14-13-19-7-5-4-6-8-19/h4-12,16-18,27,32-33H,3,13-15H2,1-2H3/t18-,27+/m0/s1. The Hall–Kier alpha value is -4.26. The minimum absolute atomic E-state index is 0.0121. The number of fused-ring (bicyclic) bond motifs is 1. The van der Waals surface area contributed by atoms with E-state index in [4.69, 9.17) is 9.47 Å². The Balaban J connectivity index is 1.60. The predicted octanol–water partition coefficient (Wildman–Crippen LogP) is 4.78. The summed E-state index contributed by atoms with van der Waals surface area (Å²) in [5.41, 5.74) is 2.99. The van der Waals surface area contributed by atoms with Crippen molar-refractivity contribution in [3.63, 3.8) is 0 Å². The molecule has 2 N–H and O–H groups in total. The molecule has 3 aromatic rings. The molecule has 0 radical (unpaired) electrons. The predicted molar refractivity (Wildman–Crippen MR) is 139 cm³/mol. The molecule has 3 aromatic carbocycles. The van der Waals surface area contributed by atoms with E-state index in [-0.39, 0.29) is 35.5 Å². The lowest BCUT2D eigenvalue weighted by atomic mass is 9.94. The number of carbonyl (C=O) groups is 2. The van der Waals surface area contributed by atoms with Crippen LogP contribution >= 0.6 is 0 Å². The van der Waals surface area contributed by atoms with Crippen molar-refractivity contribution in [1.82, 2.24) is 4.90 Å². The minimum Gasteiger partial charge on any atom is -0.507 e. The second-order valence-corrected chi connectivity index (χ2v) is 9.34. The van der Waals surface area contributed by atoms with Gasteiger partial charge >= 0.3 is 0 Å². The van der Waals surface area contributed by atoms with Gasteiger partial charge in [-0.15, -0.1) is 0 Å². The van der Waals surface area contributed by atoms with Crippen molar-refractivity contribution in [2.24, 2.45) is 0 Å². The second-order valence-electron chi connectivity index (χ2n) is 9.34. The number of nitrogens with zero attached hydrogens (tertiary/aromatic N) is 1. The van der Waals surface area contributed by atoms with Crippen LogP contribution in [0.5, 0.6) is 17.2 Å². The zero-order valence-corrected chi connectivity index (χ0v) is 20.8. The number of aliphatic hydroxyl groups excluding tert-OH is 1. The number of aliphatic hydroxyl groups is 1. The Morgan fingerprint density at radius 3 is 2.62 bits per heavy atom. The fraction of sp³-hybridized carbons (Fsp3) is 0.267. The van der Waals surface area contributed by atoms with Crippen LogP contribution < -0.4 is 9.47 Å². The number of phenolic OH excluding ortho intramolecular Hbond substituents is 1. The number of hydrogen-bond acceptors (Lipinski definition) is 6. The van der Waals surface area contributed by atoms with Gasteiger partial charge in [-0.05, 0) is 67.3 Å². The van der Waals surface area contributed by atoms with E-state index in [9.17, 15) is 19.8 Å². The van der Waals surface area contributed by atoms with Crippen molar-refractivity contribution in [1.29, 1.82) is 0 Å². The van der Waals surface area contributed by atoms with Gasteiger partial charge in [0.1, 0.15) is 17.6 Å². The van der Waals surface area contributed by atoms with Crippen molar-refractivity contribution >= 4 is 17.4 Å². The summed E-state index contributed by atoms with van der Waals surface area (Å²) in [4.78, 5) is 28.2. The molecule has 0 bridgehead atoms. The molecule has 7 nitrogen and oxygen atoms in total. The Morgan fingerprint density at radius 2 is 1.86 bits per heavy atom. The van der Waals surface area contributed by atoms with Crippen molar-refractivity contribution in [2.75, 3.05) is 13.2 Å². The van der Waals surface area contributed by atoms with E-state index in [0.29, 0.717) is 30.6 Å². The maximum atomic E-state index is 13.4. The third kappa shape index (κ3) is 4.65. The first kappa shape index (κ1) is 24.4. The normalized spacial score (nSPS) is 20.1. The first-order valence-electron chi connectivity index (χ1n) is 12.5. The van der Waals surface area contributed by atoms with Crippen LogP contribution in [0.2, 0.25) is 0 Å². The lowest BCUT2D eigenvalue weighted by Crippen LogP contribution is -2.31. The lowest BCUT2D eigenvalue weighted by molar-refractivity contribution is -0.139. The Labute approximate surface area is 215 Å². The number of amides is 1. The summed E-state index contributed by atoms with van der Waals surface area (Å²) in [6, 6.07) is 18.9. The Kier molecular flexibility index (Phi) is 6.61. The highest BCUT2D eigenvalue weighted by molar-refractivity contribution is 6.46. The molecule has 0 saturated carbocycles. The highest BCUT2D eigenvalue weighted by Gasteiger charge is 2.46. The number of ether oxygens (including phenoxy) is 2. The number of ketones is 1. The van der Waals surface area contributed by atoms with E-state index in [1.165, 1.54) is 11.0 Å². The lowest BCUT2D eigenvalue weighted by Gasteiger charge is -2.26. The molecular formula is C30H29NO6. The number of carbonyl (C=O) groups excluding carboxylic acids is 2. The van der Waals surface area contributed by atoms with E-state index < -0.39 is 17.7 Å². The monoisotopic (exact) mass is 499 g/mol. The number of hydrogen-bond donors (Lipinski definition) is 2. The molecular weight excluding hydrogens is 470 g/mol. The first-order chi connectivity index (χ1) is 17.9. The fourth-order valence-corrected chi connectivity index (χ4v) is 5.05. The molecule has 7 heteroatoms. The summed E-state index contributed by atoms with van der Waals surface area (Å²) in [6.45, 7) is 4.38. The summed E-state index contributed by atoms with van der Waals surface area (Å²) in [6.07, 6.45) is 1.26. The van der Waals surface area contributed by atoms with Crippen LogP contribution in [0.1, 0.15) is 42.1 Å². The van der Waals surface area contributed by atoms with E-state index in [1.807, 2.05) is 43.3 Å². The highest BCUT2D eigenvalue weighted by atomic mass is 16.5. The second kappa shape index (κ2) is 10.0. The summed E-state index contributed by atoms with van der Waals surface area (Å²) in [5.74, 6) is -0.696. The molecule has 190 valence electrons. The summed E-state index contributed by atoms with van der Waals surface area (Å²) >= 11 is 0. The topological polar surface area (TPSA) is 96.3 Å². The zero-order valence-electron chi connectivity index (χ0n) is 20.8. The van der Waals surface area contributed by atoms with Crippen LogP contribution in [0.15, 0.2) is 72.3 Å². The number of rotatable bonds is 7. The number of Topliss-reactive ketones (excluding diaryl/α,β-unsaturated/α-hetero) is 1. The molecule has 2 aliphatic heterocycles. The van der Waals surface area contributed by atoms with Crippen LogP contribution in [0.25, 0.3) is 5.76 Å². The largest absolute Gasteiger partial charge is 0.507 e. The van der Waals surface area contributed by atoms with Gasteiger partial charge in [0.2, 0.25) is 0 Å². The van der Waals surface area contributed by atoms with Crippen LogP contribution in [-0.2, 0) is 22.4 Å². The van der Waals surface area contributed by atoms with Crippen LogP contribution in [0.4, 0.5) is 0 Å². The average Bonchev–Trinajstić information content (AvgIpc) is 3.39. The van der Waals surface area contributed by atoms with Crippen molar-refractivity contribution in [3.8, 4) is 17.2 Å². The van der Waals surface area contributed by atoms with E-state index >= 15 is 0 Å². The van der Waals surface area contributed by atoms with Crippen LogP contribution in [0.3, 0.4) is 0 Å². The van der Waals surface area contributed by atoms with Gasteiger partial charge in [-0.25, -0.2) is 0 Å². The zero-order chi connectivity index (χ0) is 26.1. The Bertz CT molecular complexity index is 1380. The van der Waals surface area contributed by atoms with E-state index in [0.717, 1.165) is 16.9 Å². The smallest absolute Gasteiger partial charge is 0.295 e. The SMILES string of the molecule is CCOc1cc([C@@H]2C(=C(O)c3ccc4c(c3)C[C@H](C)O4)C(=O)C(=O)N2CCc2ccccc2)ccc1O. The van der Waals surface area contributed by atoms with Crippen molar-refractivity contribution in [3.05, 3.63) is 94.6 Å². The van der Waals surface area contributed by atoms with E-state index in [2.05, 4.69) is 0 Å². The molecule has 2 atom stereocenters.